The second-order valence-electron chi connectivity index (χ2n) is 2.27. The third-order valence-electron chi connectivity index (χ3n) is 0.968. The molecule has 4 heteroatoms. The predicted molar refractivity (Wildman–Crippen MR) is 35.2 cm³/mol. The molecule has 54 valence electrons. The van der Waals surface area contributed by atoms with Gasteiger partial charge in [-0.05, 0) is 0 Å². The molecule has 3 nitrogen and oxygen atoms in total. The Morgan fingerprint density at radius 3 is 2.22 bits per heavy atom. The van der Waals surface area contributed by atoms with Gasteiger partial charge in [0, 0.05) is 0 Å². The van der Waals surface area contributed by atoms with Crippen molar-refractivity contribution < 1.29 is 14.0 Å². The van der Waals surface area contributed by atoms with Gasteiger partial charge in [-0.3, -0.25) is 0 Å². The average Bonchev–Trinajstić information content (AvgIpc) is 1.86. The van der Waals surface area contributed by atoms with Crippen molar-refractivity contribution in [1.82, 2.24) is 0 Å². The first-order chi connectivity index (χ1) is 4.04. The number of alkyl halides is 1. The lowest BCUT2D eigenvalue weighted by molar-refractivity contribution is -0.804. The minimum atomic E-state index is -0.329. The summed E-state index contributed by atoms with van der Waals surface area (Å²) in [6, 6.07) is 0.229. The lowest BCUT2D eigenvalue weighted by Crippen LogP contribution is -2.44. The van der Waals surface area contributed by atoms with E-state index in [1.54, 1.807) is 14.1 Å². The van der Waals surface area contributed by atoms with E-state index < -0.39 is 0 Å². The summed E-state index contributed by atoms with van der Waals surface area (Å²) < 4.78 is 4.51. The molecule has 0 N–H and O–H groups in total. The molecular formula is C5H11ClNO2+. The minimum absolute atomic E-state index is 0.0536. The van der Waals surface area contributed by atoms with Gasteiger partial charge in [-0.2, -0.15) is 4.79 Å². The topological polar surface area (TPSA) is 26.3 Å². The van der Waals surface area contributed by atoms with Crippen LogP contribution >= 0.6 is 11.6 Å². The molecule has 0 aromatic heterocycles. The highest BCUT2D eigenvalue weighted by molar-refractivity contribution is 6.17. The Morgan fingerprint density at radius 2 is 2.11 bits per heavy atom. The number of halogens is 1. The quantitative estimate of drug-likeness (QED) is 0.319. The van der Waals surface area contributed by atoms with Crippen molar-refractivity contribution in [2.75, 3.05) is 27.2 Å². The number of quaternary nitrogens is 1. The molecule has 0 fully saturated rings. The monoisotopic (exact) mass is 152 g/mol. The Balaban J connectivity index is 3.97. The minimum Gasteiger partial charge on any atom is -0.423 e. The Hall–Kier alpha value is -0.280. The van der Waals surface area contributed by atoms with E-state index in [9.17, 15) is 4.79 Å². The number of methoxy groups -OCH3 is 1. The molecular weight excluding hydrogens is 142 g/mol. The van der Waals surface area contributed by atoms with Gasteiger partial charge in [-0.15, -0.1) is 0 Å². The van der Waals surface area contributed by atoms with E-state index in [0.29, 0.717) is 0 Å². The van der Waals surface area contributed by atoms with Gasteiger partial charge in [0.05, 0.1) is 21.2 Å². The lowest BCUT2D eigenvalue weighted by atomic mass is 10.7. The van der Waals surface area contributed by atoms with E-state index in [4.69, 9.17) is 11.6 Å². The number of amides is 1. The van der Waals surface area contributed by atoms with Crippen LogP contribution in [0.5, 0.6) is 0 Å². The van der Waals surface area contributed by atoms with Crippen LogP contribution in [0.4, 0.5) is 4.79 Å². The average molecular weight is 153 g/mol. The van der Waals surface area contributed by atoms with Crippen LogP contribution in [0.2, 0.25) is 0 Å². The summed E-state index contributed by atoms with van der Waals surface area (Å²) >= 11 is 5.44. The van der Waals surface area contributed by atoms with Crippen LogP contribution in [0.15, 0.2) is 0 Å². The van der Waals surface area contributed by atoms with Crippen LogP contribution in [0.25, 0.3) is 0 Å². The first-order valence-electron chi connectivity index (χ1n) is 2.52. The standard InChI is InChI=1S/C5H11ClNO2/c1-7(2,4-6)5(8)9-3/h4H2,1-3H3/q+1. The van der Waals surface area contributed by atoms with Crippen LogP contribution in [-0.2, 0) is 4.74 Å². The second kappa shape index (κ2) is 3.03. The zero-order chi connectivity index (χ0) is 7.49. The smallest absolute Gasteiger partial charge is 0.423 e. The van der Waals surface area contributed by atoms with Crippen molar-refractivity contribution in [3.05, 3.63) is 0 Å². The molecule has 0 aliphatic rings. The molecule has 0 saturated heterocycles. The summed E-state index contributed by atoms with van der Waals surface area (Å²) in [5.41, 5.74) is 0. The van der Waals surface area contributed by atoms with Crippen molar-refractivity contribution >= 4 is 17.7 Å². The van der Waals surface area contributed by atoms with Crippen molar-refractivity contribution in [1.29, 1.82) is 0 Å². The summed E-state index contributed by atoms with van der Waals surface area (Å²) in [6.07, 6.45) is -0.329. The summed E-state index contributed by atoms with van der Waals surface area (Å²) in [7, 11) is 4.70. The fourth-order valence-electron chi connectivity index (χ4n) is 0.296. The molecule has 0 rings (SSSR count). The van der Waals surface area contributed by atoms with Gasteiger partial charge in [0.1, 0.15) is 0 Å². The molecule has 0 radical (unpaired) electrons. The number of carbonyl (C=O) groups excluding carboxylic acids is 1. The third kappa shape index (κ3) is 2.20. The fourth-order valence-corrected chi connectivity index (χ4v) is 0.394. The molecule has 0 atom stereocenters. The fraction of sp³-hybridized carbons (Fsp3) is 0.800. The zero-order valence-corrected chi connectivity index (χ0v) is 6.60. The maximum atomic E-state index is 10.7. The number of rotatable bonds is 1. The Morgan fingerprint density at radius 1 is 1.67 bits per heavy atom. The predicted octanol–water partition coefficient (Wildman–Crippen LogP) is 1.03. The molecule has 0 heterocycles. The van der Waals surface area contributed by atoms with Crippen molar-refractivity contribution in [3.63, 3.8) is 0 Å². The van der Waals surface area contributed by atoms with Gasteiger partial charge in [0.15, 0.2) is 6.00 Å². The van der Waals surface area contributed by atoms with Crippen LogP contribution < -0.4 is 0 Å². The maximum absolute atomic E-state index is 10.7. The number of ether oxygens (including phenoxy) is 1. The highest BCUT2D eigenvalue weighted by atomic mass is 35.5. The zero-order valence-electron chi connectivity index (χ0n) is 5.85. The first-order valence-corrected chi connectivity index (χ1v) is 3.05. The van der Waals surface area contributed by atoms with E-state index in [0.717, 1.165) is 0 Å². The molecule has 0 unspecified atom stereocenters. The summed E-state index contributed by atoms with van der Waals surface area (Å²) in [5, 5.41) is 0. The normalized spacial score (nSPS) is 11.1. The van der Waals surface area contributed by atoms with Gasteiger partial charge >= 0.3 is 6.09 Å². The third-order valence-corrected chi connectivity index (χ3v) is 1.57. The molecule has 0 aliphatic heterocycles. The van der Waals surface area contributed by atoms with E-state index in [2.05, 4.69) is 4.74 Å². The van der Waals surface area contributed by atoms with E-state index in [1.807, 2.05) is 0 Å². The summed E-state index contributed by atoms with van der Waals surface area (Å²) in [5.74, 6) is 0. The van der Waals surface area contributed by atoms with Crippen molar-refractivity contribution in [2.45, 2.75) is 0 Å². The van der Waals surface area contributed by atoms with Gasteiger partial charge in [-0.25, -0.2) is 4.48 Å². The maximum Gasteiger partial charge on any atom is 0.516 e. The number of hydrogen-bond acceptors (Lipinski definition) is 2. The highest BCUT2D eigenvalue weighted by Crippen LogP contribution is 2.01. The van der Waals surface area contributed by atoms with Gasteiger partial charge < -0.3 is 4.74 Å². The van der Waals surface area contributed by atoms with E-state index in [1.165, 1.54) is 7.11 Å². The largest absolute Gasteiger partial charge is 0.516 e. The van der Waals surface area contributed by atoms with Gasteiger partial charge in [-0.1, -0.05) is 11.6 Å². The number of nitrogens with zero attached hydrogens (tertiary/aromatic N) is 1. The van der Waals surface area contributed by atoms with Crippen molar-refractivity contribution in [2.24, 2.45) is 0 Å². The molecule has 1 amide bonds. The Labute approximate surface area is 59.7 Å². The molecule has 0 spiro atoms. The van der Waals surface area contributed by atoms with Crippen LogP contribution in [0.3, 0.4) is 0 Å². The molecule has 9 heavy (non-hydrogen) atoms. The molecule has 0 bridgehead atoms. The van der Waals surface area contributed by atoms with E-state index >= 15 is 0 Å². The molecule has 0 aromatic carbocycles. The Kier molecular flexibility index (Phi) is 2.94. The SMILES string of the molecule is COC(=O)[N+](C)(C)CCl. The van der Waals surface area contributed by atoms with Crippen LogP contribution in [-0.4, -0.2) is 37.8 Å². The van der Waals surface area contributed by atoms with Gasteiger partial charge in [0.2, 0.25) is 0 Å². The van der Waals surface area contributed by atoms with Crippen molar-refractivity contribution in [3.8, 4) is 0 Å². The second-order valence-corrected chi connectivity index (χ2v) is 2.51. The molecule has 0 saturated carbocycles. The van der Waals surface area contributed by atoms with Crippen LogP contribution in [0, 0.1) is 0 Å². The lowest BCUT2D eigenvalue weighted by Gasteiger charge is -2.20. The molecule has 0 aromatic rings. The van der Waals surface area contributed by atoms with Crippen LogP contribution in [0.1, 0.15) is 0 Å². The molecule has 0 aliphatic carbocycles. The summed E-state index contributed by atoms with van der Waals surface area (Å²) in [6.45, 7) is 0. The van der Waals surface area contributed by atoms with Gasteiger partial charge in [0.25, 0.3) is 0 Å². The Bertz CT molecular complexity index is 114. The first kappa shape index (κ1) is 8.72. The number of hydrogen-bond donors (Lipinski definition) is 0. The highest BCUT2D eigenvalue weighted by Gasteiger charge is 2.25. The van der Waals surface area contributed by atoms with E-state index in [-0.39, 0.29) is 16.6 Å². The number of carbonyl (C=O) groups is 1. The summed E-state index contributed by atoms with van der Waals surface area (Å²) in [4.78, 5) is 10.7.